The van der Waals surface area contributed by atoms with E-state index in [-0.39, 0.29) is 17.9 Å². The molecule has 24 heavy (non-hydrogen) atoms. The number of benzene rings is 1. The number of pyridine rings is 1. The molecule has 124 valence electrons. The van der Waals surface area contributed by atoms with Crippen molar-refractivity contribution in [1.82, 2.24) is 14.8 Å². The third-order valence-corrected chi connectivity index (χ3v) is 4.26. The Balaban J connectivity index is 1.93. The number of H-pyrrole nitrogens is 1. The maximum atomic E-state index is 12.4. The van der Waals surface area contributed by atoms with Crippen molar-refractivity contribution in [2.75, 3.05) is 5.32 Å². The first-order chi connectivity index (χ1) is 11.4. The molecule has 0 atom stereocenters. The summed E-state index contributed by atoms with van der Waals surface area (Å²) in [6, 6.07) is 6.96. The SMILES string of the molecule is Cc1nc2c(c(C)c1CC(=O)Nc1cccc(Cl)c1)c(=O)[nH]n2C. The molecule has 2 aromatic heterocycles. The van der Waals surface area contributed by atoms with Crippen LogP contribution in [-0.2, 0) is 18.3 Å². The Morgan fingerprint density at radius 1 is 1.38 bits per heavy atom. The van der Waals surface area contributed by atoms with Crippen LogP contribution in [0.5, 0.6) is 0 Å². The van der Waals surface area contributed by atoms with Gasteiger partial charge in [-0.1, -0.05) is 17.7 Å². The van der Waals surface area contributed by atoms with Crippen LogP contribution in [0.25, 0.3) is 11.0 Å². The number of anilines is 1. The van der Waals surface area contributed by atoms with Crippen LogP contribution >= 0.6 is 11.6 Å². The second kappa shape index (κ2) is 6.13. The fraction of sp³-hybridized carbons (Fsp3) is 0.235. The van der Waals surface area contributed by atoms with Crippen LogP contribution < -0.4 is 10.9 Å². The molecule has 1 amide bonds. The lowest BCUT2D eigenvalue weighted by atomic mass is 10.0. The normalized spacial score (nSPS) is 11.0. The Morgan fingerprint density at radius 2 is 2.12 bits per heavy atom. The van der Waals surface area contributed by atoms with Crippen LogP contribution in [0.2, 0.25) is 5.02 Å². The maximum Gasteiger partial charge on any atom is 0.273 e. The van der Waals surface area contributed by atoms with Gasteiger partial charge in [-0.05, 0) is 43.2 Å². The van der Waals surface area contributed by atoms with E-state index in [0.29, 0.717) is 21.7 Å². The molecule has 0 fully saturated rings. The van der Waals surface area contributed by atoms with Crippen molar-refractivity contribution < 1.29 is 4.79 Å². The molecule has 3 aromatic rings. The Labute approximate surface area is 143 Å². The summed E-state index contributed by atoms with van der Waals surface area (Å²) in [5.74, 6) is -0.183. The van der Waals surface area contributed by atoms with Crippen molar-refractivity contribution in [3.8, 4) is 0 Å². The standard InChI is InChI=1S/C17H17ClN4O2/c1-9-13(8-14(23)20-12-6-4-5-11(18)7-12)10(2)19-16-15(9)17(24)21-22(16)3/h4-7H,8H2,1-3H3,(H,20,23)(H,21,24). The molecule has 2 heterocycles. The second-order valence-electron chi connectivity index (χ2n) is 5.73. The number of halogens is 1. The highest BCUT2D eigenvalue weighted by molar-refractivity contribution is 6.30. The van der Waals surface area contributed by atoms with Gasteiger partial charge < -0.3 is 5.32 Å². The van der Waals surface area contributed by atoms with E-state index in [1.165, 1.54) is 0 Å². The summed E-state index contributed by atoms with van der Waals surface area (Å²) in [6.07, 6.45) is 0.140. The zero-order chi connectivity index (χ0) is 17.4. The van der Waals surface area contributed by atoms with E-state index in [4.69, 9.17) is 11.6 Å². The molecule has 0 unspecified atom stereocenters. The predicted molar refractivity (Wildman–Crippen MR) is 94.6 cm³/mol. The van der Waals surface area contributed by atoms with Gasteiger partial charge in [-0.3, -0.25) is 19.4 Å². The molecule has 0 bridgehead atoms. The number of nitrogens with zero attached hydrogens (tertiary/aromatic N) is 2. The molecular weight excluding hydrogens is 328 g/mol. The lowest BCUT2D eigenvalue weighted by Gasteiger charge is -2.11. The molecule has 1 aromatic carbocycles. The fourth-order valence-corrected chi connectivity index (χ4v) is 3.03. The highest BCUT2D eigenvalue weighted by Crippen LogP contribution is 2.21. The van der Waals surface area contributed by atoms with Gasteiger partial charge in [0.2, 0.25) is 5.91 Å². The summed E-state index contributed by atoms with van der Waals surface area (Å²) >= 11 is 5.92. The first-order valence-electron chi connectivity index (χ1n) is 7.47. The molecule has 0 aliphatic carbocycles. The minimum absolute atomic E-state index is 0.140. The Kier molecular flexibility index (Phi) is 4.15. The van der Waals surface area contributed by atoms with Crippen LogP contribution in [0.4, 0.5) is 5.69 Å². The number of aromatic amines is 1. The highest BCUT2D eigenvalue weighted by Gasteiger charge is 2.17. The third-order valence-electron chi connectivity index (χ3n) is 4.02. The lowest BCUT2D eigenvalue weighted by Crippen LogP contribution is -2.17. The molecule has 7 heteroatoms. The molecule has 6 nitrogen and oxygen atoms in total. The van der Waals surface area contributed by atoms with E-state index >= 15 is 0 Å². The summed E-state index contributed by atoms with van der Waals surface area (Å²) in [4.78, 5) is 28.9. The zero-order valence-electron chi connectivity index (χ0n) is 13.6. The Hall–Kier alpha value is -2.60. The van der Waals surface area contributed by atoms with E-state index in [9.17, 15) is 9.59 Å². The molecule has 0 aliphatic rings. The summed E-state index contributed by atoms with van der Waals surface area (Å²) in [6.45, 7) is 3.68. The number of carbonyl (C=O) groups is 1. The van der Waals surface area contributed by atoms with Gasteiger partial charge in [0.05, 0.1) is 11.8 Å². The predicted octanol–water partition coefficient (Wildman–Crippen LogP) is 2.71. The number of rotatable bonds is 3. The van der Waals surface area contributed by atoms with Gasteiger partial charge in [0.15, 0.2) is 5.65 Å². The van der Waals surface area contributed by atoms with Gasteiger partial charge in [0, 0.05) is 23.5 Å². The fourth-order valence-electron chi connectivity index (χ4n) is 2.84. The number of carbonyl (C=O) groups excluding carboxylic acids is 1. The van der Waals surface area contributed by atoms with Gasteiger partial charge in [-0.2, -0.15) is 0 Å². The number of hydrogen-bond donors (Lipinski definition) is 2. The largest absolute Gasteiger partial charge is 0.326 e. The van der Waals surface area contributed by atoms with E-state index in [1.54, 1.807) is 36.0 Å². The van der Waals surface area contributed by atoms with Crippen LogP contribution in [-0.4, -0.2) is 20.7 Å². The van der Waals surface area contributed by atoms with E-state index < -0.39 is 0 Å². The second-order valence-corrected chi connectivity index (χ2v) is 6.17. The number of aromatic nitrogens is 3. The summed E-state index contributed by atoms with van der Waals surface area (Å²) in [7, 11) is 1.74. The van der Waals surface area contributed by atoms with Crippen LogP contribution in [0, 0.1) is 13.8 Å². The monoisotopic (exact) mass is 344 g/mol. The molecule has 0 aliphatic heterocycles. The maximum absolute atomic E-state index is 12.4. The molecule has 2 N–H and O–H groups in total. The van der Waals surface area contributed by atoms with Gasteiger partial charge >= 0.3 is 0 Å². The molecular formula is C17H17ClN4O2. The smallest absolute Gasteiger partial charge is 0.273 e. The Morgan fingerprint density at radius 3 is 2.83 bits per heavy atom. The lowest BCUT2D eigenvalue weighted by molar-refractivity contribution is -0.115. The summed E-state index contributed by atoms with van der Waals surface area (Å²) in [5, 5.41) is 6.58. The minimum Gasteiger partial charge on any atom is -0.326 e. The average molecular weight is 345 g/mol. The molecule has 0 spiro atoms. The number of amides is 1. The van der Waals surface area contributed by atoms with Crippen molar-refractivity contribution in [1.29, 1.82) is 0 Å². The van der Waals surface area contributed by atoms with Crippen molar-refractivity contribution in [2.24, 2.45) is 7.05 Å². The molecule has 0 saturated heterocycles. The van der Waals surface area contributed by atoms with Crippen molar-refractivity contribution in [2.45, 2.75) is 20.3 Å². The van der Waals surface area contributed by atoms with Crippen LogP contribution in [0.1, 0.15) is 16.8 Å². The number of hydrogen-bond acceptors (Lipinski definition) is 3. The molecule has 0 radical (unpaired) electrons. The Bertz CT molecular complexity index is 1000. The van der Waals surface area contributed by atoms with Crippen LogP contribution in [0.15, 0.2) is 29.1 Å². The summed E-state index contributed by atoms with van der Waals surface area (Å²) < 4.78 is 1.59. The van der Waals surface area contributed by atoms with Gasteiger partial charge in [0.25, 0.3) is 5.56 Å². The minimum atomic E-state index is -0.200. The topological polar surface area (TPSA) is 79.8 Å². The van der Waals surface area contributed by atoms with Gasteiger partial charge in [0.1, 0.15) is 0 Å². The number of fused-ring (bicyclic) bond motifs is 1. The molecule has 3 rings (SSSR count). The first kappa shape index (κ1) is 16.3. The third kappa shape index (κ3) is 2.92. The van der Waals surface area contributed by atoms with E-state index in [0.717, 1.165) is 16.8 Å². The van der Waals surface area contributed by atoms with E-state index in [1.807, 2.05) is 13.8 Å². The van der Waals surface area contributed by atoms with Crippen LogP contribution in [0.3, 0.4) is 0 Å². The van der Waals surface area contributed by atoms with Crippen molar-refractivity contribution in [3.05, 3.63) is 56.5 Å². The van der Waals surface area contributed by atoms with Crippen molar-refractivity contribution >= 4 is 34.2 Å². The number of nitrogens with one attached hydrogen (secondary N) is 2. The number of aryl methyl sites for hydroxylation is 3. The van der Waals surface area contributed by atoms with E-state index in [2.05, 4.69) is 15.4 Å². The van der Waals surface area contributed by atoms with Crippen molar-refractivity contribution in [3.63, 3.8) is 0 Å². The van der Waals surface area contributed by atoms with Gasteiger partial charge in [-0.25, -0.2) is 4.98 Å². The first-order valence-corrected chi connectivity index (χ1v) is 7.85. The molecule has 0 saturated carbocycles. The highest BCUT2D eigenvalue weighted by atomic mass is 35.5. The average Bonchev–Trinajstić information content (AvgIpc) is 2.78. The summed E-state index contributed by atoms with van der Waals surface area (Å²) in [5.41, 5.74) is 3.30. The zero-order valence-corrected chi connectivity index (χ0v) is 14.4. The van der Waals surface area contributed by atoms with Gasteiger partial charge in [-0.15, -0.1) is 0 Å². The quantitative estimate of drug-likeness (QED) is 0.766.